The average molecular weight is 939 g/mol. The molecule has 2 heterocycles. The molecule has 0 radical (unpaired) electrons. The van der Waals surface area contributed by atoms with E-state index in [0.29, 0.717) is 11.8 Å². The van der Waals surface area contributed by atoms with Crippen LogP contribution < -0.4 is 9.80 Å². The standard InChI is InChI=1S/C68H62N2O2/c1-41-27-33-49(39-43(41)3)69(61-25-13-23-55-53-21-11-19-51(65(53)71-67(55)61)45-15-7-5-8-16-45)59-37-31-47-30-36-58-60(38-32-48-29-35-57(59)63(47)64(48)58)70(50-34-28-42(2)44(4)40-50)62-26-14-24-56-54-22-12-20-52(66(54)72-68(56)62)46-17-9-6-10-18-46/h11-14,19-40,45-47,63H,5-10,15-18H2,1-4H3. The van der Waals surface area contributed by atoms with Crippen molar-refractivity contribution >= 4 is 84.5 Å². The molecular weight excluding hydrogens is 877 g/mol. The van der Waals surface area contributed by atoms with Crippen molar-refractivity contribution in [1.29, 1.82) is 0 Å². The summed E-state index contributed by atoms with van der Waals surface area (Å²) in [5.41, 5.74) is 23.8. The number of para-hydroxylation sites is 4. The Balaban J connectivity index is 0.958. The Morgan fingerprint density at radius 2 is 0.944 bits per heavy atom. The Morgan fingerprint density at radius 3 is 1.51 bits per heavy atom. The van der Waals surface area contributed by atoms with Gasteiger partial charge >= 0.3 is 0 Å². The van der Waals surface area contributed by atoms with Crippen LogP contribution in [0.2, 0.25) is 0 Å². The molecule has 0 bridgehead atoms. The van der Waals surface area contributed by atoms with E-state index in [2.05, 4.69) is 195 Å². The molecule has 5 aliphatic carbocycles. The third kappa shape index (κ3) is 6.85. The van der Waals surface area contributed by atoms with Gasteiger partial charge in [0.1, 0.15) is 11.2 Å². The Bertz CT molecular complexity index is 3800. The van der Waals surface area contributed by atoms with Crippen LogP contribution in [0.1, 0.15) is 132 Å². The maximum atomic E-state index is 7.26. The minimum atomic E-state index is 0.105. The number of rotatable bonds is 8. The summed E-state index contributed by atoms with van der Waals surface area (Å²) in [5, 5.41) is 4.76. The SMILES string of the molecule is Cc1ccc(N(C2=C3C=Cc4ccc(N(c5ccc(C)c(C)c5)c5cccc6c5oc5c(C7CCCCC7)cccc56)c5c4C3C(C=C2)C=C5)c2cccc3c2oc2c(C4CCCCC4)cccc23)cc1C. The molecule has 0 N–H and O–H groups in total. The molecule has 9 aromatic rings. The summed E-state index contributed by atoms with van der Waals surface area (Å²) in [6.07, 6.45) is 27.2. The zero-order valence-electron chi connectivity index (χ0n) is 42.1. The normalized spacial score (nSPS) is 18.8. The quantitative estimate of drug-likeness (QED) is 0.152. The highest BCUT2D eigenvalue weighted by molar-refractivity contribution is 6.12. The zero-order chi connectivity index (χ0) is 48.2. The lowest BCUT2D eigenvalue weighted by molar-refractivity contribution is 0.442. The van der Waals surface area contributed by atoms with Gasteiger partial charge in [0.05, 0.1) is 17.1 Å². The minimum Gasteiger partial charge on any atom is -0.454 e. The molecule has 356 valence electrons. The van der Waals surface area contributed by atoms with Crippen LogP contribution in [-0.4, -0.2) is 0 Å². The molecule has 0 aliphatic heterocycles. The van der Waals surface area contributed by atoms with E-state index in [-0.39, 0.29) is 11.8 Å². The molecule has 0 amide bonds. The van der Waals surface area contributed by atoms with Crippen LogP contribution in [0, 0.1) is 33.6 Å². The zero-order valence-corrected chi connectivity index (χ0v) is 42.1. The summed E-state index contributed by atoms with van der Waals surface area (Å²) in [4.78, 5) is 4.99. The van der Waals surface area contributed by atoms with E-state index in [1.807, 2.05) is 0 Å². The summed E-state index contributed by atoms with van der Waals surface area (Å²) in [7, 11) is 0. The predicted molar refractivity (Wildman–Crippen MR) is 302 cm³/mol. The highest BCUT2D eigenvalue weighted by Gasteiger charge is 2.39. The van der Waals surface area contributed by atoms with Crippen LogP contribution in [0.15, 0.2) is 166 Å². The van der Waals surface area contributed by atoms with E-state index >= 15 is 0 Å². The van der Waals surface area contributed by atoms with Gasteiger partial charge in [0, 0.05) is 56.0 Å². The van der Waals surface area contributed by atoms with Crippen LogP contribution in [0.3, 0.4) is 0 Å². The smallest absolute Gasteiger partial charge is 0.159 e. The Kier molecular flexibility index (Phi) is 10.4. The van der Waals surface area contributed by atoms with Crippen molar-refractivity contribution in [2.75, 3.05) is 9.80 Å². The molecule has 2 atom stereocenters. The van der Waals surface area contributed by atoms with Gasteiger partial charge in [-0.2, -0.15) is 0 Å². The lowest BCUT2D eigenvalue weighted by Crippen LogP contribution is -2.28. The van der Waals surface area contributed by atoms with E-state index in [1.54, 1.807) is 0 Å². The van der Waals surface area contributed by atoms with Crippen molar-refractivity contribution in [3.63, 3.8) is 0 Å². The molecule has 0 saturated heterocycles. The number of nitrogens with zero attached hydrogens (tertiary/aromatic N) is 2. The largest absolute Gasteiger partial charge is 0.454 e. The monoisotopic (exact) mass is 938 g/mol. The minimum absolute atomic E-state index is 0.105. The van der Waals surface area contributed by atoms with Gasteiger partial charge in [0.25, 0.3) is 0 Å². The number of benzene rings is 7. The van der Waals surface area contributed by atoms with Gasteiger partial charge in [-0.05, 0) is 164 Å². The van der Waals surface area contributed by atoms with Gasteiger partial charge in [-0.3, -0.25) is 0 Å². The average Bonchev–Trinajstić information content (AvgIpc) is 4.01. The molecule has 2 fully saturated rings. The van der Waals surface area contributed by atoms with Gasteiger partial charge in [-0.25, -0.2) is 0 Å². The van der Waals surface area contributed by atoms with E-state index in [4.69, 9.17) is 8.83 Å². The fraction of sp³-hybridized carbons (Fsp3) is 0.265. The number of furan rings is 2. The first kappa shape index (κ1) is 43.5. The Hall–Kier alpha value is -7.30. The third-order valence-electron chi connectivity index (χ3n) is 17.6. The molecule has 0 spiro atoms. The second-order valence-corrected chi connectivity index (χ2v) is 21.8. The predicted octanol–water partition coefficient (Wildman–Crippen LogP) is 19.7. The van der Waals surface area contributed by atoms with Crippen molar-refractivity contribution < 1.29 is 8.83 Å². The van der Waals surface area contributed by atoms with E-state index in [0.717, 1.165) is 50.8 Å². The number of aryl methyl sites for hydroxylation is 4. The lowest BCUT2D eigenvalue weighted by atomic mass is 9.68. The van der Waals surface area contributed by atoms with Crippen LogP contribution in [0.25, 0.3) is 56.0 Å². The van der Waals surface area contributed by atoms with Crippen molar-refractivity contribution in [3.05, 3.63) is 207 Å². The molecule has 4 nitrogen and oxygen atoms in total. The van der Waals surface area contributed by atoms with Crippen LogP contribution in [-0.2, 0) is 0 Å². The molecule has 2 saturated carbocycles. The fourth-order valence-corrected chi connectivity index (χ4v) is 13.6. The molecule has 2 unspecified atom stereocenters. The summed E-state index contributed by atoms with van der Waals surface area (Å²) >= 11 is 0. The van der Waals surface area contributed by atoms with Gasteiger partial charge < -0.3 is 18.6 Å². The Morgan fingerprint density at radius 1 is 0.431 bits per heavy atom. The molecule has 4 heteroatoms. The molecule has 72 heavy (non-hydrogen) atoms. The number of hydrogen-bond acceptors (Lipinski definition) is 4. The van der Waals surface area contributed by atoms with Crippen molar-refractivity contribution in [2.24, 2.45) is 5.92 Å². The van der Waals surface area contributed by atoms with Gasteiger partial charge in [0.2, 0.25) is 0 Å². The van der Waals surface area contributed by atoms with Crippen molar-refractivity contribution in [2.45, 2.75) is 110 Å². The molecule has 14 rings (SSSR count). The second kappa shape index (κ2) is 17.2. The number of fused-ring (bicyclic) bond motifs is 6. The third-order valence-corrected chi connectivity index (χ3v) is 17.6. The highest BCUT2D eigenvalue weighted by atomic mass is 16.3. The Labute approximate surface area is 423 Å². The topological polar surface area (TPSA) is 32.8 Å². The first-order valence-electron chi connectivity index (χ1n) is 27.0. The van der Waals surface area contributed by atoms with Gasteiger partial charge in [-0.1, -0.05) is 148 Å². The van der Waals surface area contributed by atoms with Crippen molar-refractivity contribution in [3.8, 4) is 0 Å². The van der Waals surface area contributed by atoms with Crippen LogP contribution in [0.4, 0.5) is 28.4 Å². The summed E-state index contributed by atoms with van der Waals surface area (Å²) < 4.78 is 14.5. The second-order valence-electron chi connectivity index (χ2n) is 21.8. The van der Waals surface area contributed by atoms with Crippen molar-refractivity contribution in [1.82, 2.24) is 0 Å². The summed E-state index contributed by atoms with van der Waals surface area (Å²) in [6.45, 7) is 8.89. The molecule has 7 aromatic carbocycles. The van der Waals surface area contributed by atoms with Gasteiger partial charge in [0.15, 0.2) is 11.2 Å². The fourth-order valence-electron chi connectivity index (χ4n) is 13.6. The van der Waals surface area contributed by atoms with E-state index < -0.39 is 0 Å². The number of hydrogen-bond donors (Lipinski definition) is 0. The first-order valence-corrected chi connectivity index (χ1v) is 27.0. The maximum absolute atomic E-state index is 7.26. The van der Waals surface area contributed by atoms with E-state index in [9.17, 15) is 0 Å². The van der Waals surface area contributed by atoms with Crippen LogP contribution in [0.5, 0.6) is 0 Å². The highest BCUT2D eigenvalue weighted by Crippen LogP contribution is 2.55. The number of allylic oxidation sites excluding steroid dienone is 5. The molecular formula is C68H62N2O2. The van der Waals surface area contributed by atoms with Gasteiger partial charge in [-0.15, -0.1) is 0 Å². The van der Waals surface area contributed by atoms with E-state index in [1.165, 1.54) is 147 Å². The lowest BCUT2D eigenvalue weighted by Gasteiger charge is -2.41. The molecule has 2 aromatic heterocycles. The summed E-state index contributed by atoms with van der Waals surface area (Å²) in [6, 6.07) is 45.8. The number of anilines is 5. The van der Waals surface area contributed by atoms with Crippen LogP contribution >= 0.6 is 0 Å². The first-order chi connectivity index (χ1) is 35.4. The summed E-state index contributed by atoms with van der Waals surface area (Å²) in [5.74, 6) is 1.37. The maximum Gasteiger partial charge on any atom is 0.159 e. The molecule has 5 aliphatic rings.